The van der Waals surface area contributed by atoms with Crippen LogP contribution in [0.5, 0.6) is 0 Å². The molecule has 0 aromatic carbocycles. The number of amides is 1. The Balaban J connectivity index is 0. The fourth-order valence-electron chi connectivity index (χ4n) is 0.421. The lowest BCUT2D eigenvalue weighted by Crippen LogP contribution is -2.31. The molecule has 0 heterocycles. The second-order valence-corrected chi connectivity index (χ2v) is 5.15. The number of carbonyl (C=O) groups is 2. The molecule has 0 fully saturated rings. The number of carbonyl (C=O) groups excluding carboxylic acids is 1. The van der Waals surface area contributed by atoms with Gasteiger partial charge in [-0.2, -0.15) is 0 Å². The minimum Gasteiger partial charge on any atom is -0.480 e. The van der Waals surface area contributed by atoms with Gasteiger partial charge in [-0.15, -0.1) is 11.6 Å². The number of primary amides is 1. The first-order valence-electron chi connectivity index (χ1n) is 4.49. The highest BCUT2D eigenvalue weighted by Gasteiger charge is 2.11. The highest BCUT2D eigenvalue weighted by atomic mass is 35.5. The molecule has 0 rings (SSSR count). The average Bonchev–Trinajstić information content (AvgIpc) is 1.96. The van der Waals surface area contributed by atoms with E-state index in [0.717, 1.165) is 0 Å². The first kappa shape index (κ1) is 16.6. The Morgan fingerprint density at radius 2 is 1.73 bits per heavy atom. The zero-order valence-corrected chi connectivity index (χ0v) is 10.0. The topological polar surface area (TPSA) is 106 Å². The second-order valence-electron chi connectivity index (χ2n) is 4.02. The summed E-state index contributed by atoms with van der Waals surface area (Å²) >= 11 is 5.53. The molecule has 1 amide bonds. The fourth-order valence-corrected chi connectivity index (χ4v) is 0.421. The predicted molar refractivity (Wildman–Crippen MR) is 59.6 cm³/mol. The molecule has 15 heavy (non-hydrogen) atoms. The quantitative estimate of drug-likeness (QED) is 0.627. The van der Waals surface area contributed by atoms with Crippen LogP contribution >= 0.6 is 11.6 Å². The minimum atomic E-state index is -1.11. The van der Waals surface area contributed by atoms with Crippen molar-refractivity contribution in [2.45, 2.75) is 44.5 Å². The lowest BCUT2D eigenvalue weighted by atomic mass is 10.2. The van der Waals surface area contributed by atoms with E-state index in [9.17, 15) is 9.59 Å². The smallest absolute Gasteiger partial charge is 0.320 e. The molecule has 0 bridgehead atoms. The molecule has 0 saturated carbocycles. The Kier molecular flexibility index (Phi) is 8.28. The molecule has 0 spiro atoms. The van der Waals surface area contributed by atoms with Crippen molar-refractivity contribution in [3.05, 3.63) is 0 Å². The van der Waals surface area contributed by atoms with Gasteiger partial charge in [-0.1, -0.05) is 0 Å². The Morgan fingerprint density at radius 1 is 1.40 bits per heavy atom. The van der Waals surface area contributed by atoms with E-state index < -0.39 is 17.9 Å². The van der Waals surface area contributed by atoms with Gasteiger partial charge < -0.3 is 16.6 Å². The number of hydrogen-bond acceptors (Lipinski definition) is 3. The number of nitrogens with two attached hydrogens (primary N) is 2. The minimum absolute atomic E-state index is 0.0213. The van der Waals surface area contributed by atoms with E-state index >= 15 is 0 Å². The summed E-state index contributed by atoms with van der Waals surface area (Å²) in [4.78, 5) is 20.1. The van der Waals surface area contributed by atoms with E-state index in [2.05, 4.69) is 0 Å². The van der Waals surface area contributed by atoms with Crippen molar-refractivity contribution in [3.63, 3.8) is 0 Å². The molecule has 1 unspecified atom stereocenters. The van der Waals surface area contributed by atoms with E-state index in [1.165, 1.54) is 0 Å². The van der Waals surface area contributed by atoms with E-state index in [1.807, 2.05) is 20.8 Å². The van der Waals surface area contributed by atoms with Gasteiger partial charge >= 0.3 is 5.97 Å². The maximum atomic E-state index is 10.1. The van der Waals surface area contributed by atoms with Crippen LogP contribution in [0.2, 0.25) is 0 Å². The van der Waals surface area contributed by atoms with Crippen LogP contribution in [0.1, 0.15) is 33.6 Å². The molecule has 0 aromatic heterocycles. The molecular formula is C9H19ClN2O3. The fraction of sp³-hybridized carbons (Fsp3) is 0.778. The van der Waals surface area contributed by atoms with Gasteiger partial charge in [-0.05, 0) is 27.2 Å². The third-order valence-corrected chi connectivity index (χ3v) is 1.02. The van der Waals surface area contributed by atoms with E-state index in [1.54, 1.807) is 0 Å². The largest absolute Gasteiger partial charge is 0.480 e. The molecule has 0 aliphatic rings. The van der Waals surface area contributed by atoms with Crippen LogP contribution in [-0.2, 0) is 9.59 Å². The van der Waals surface area contributed by atoms with E-state index in [4.69, 9.17) is 28.2 Å². The Labute approximate surface area is 94.8 Å². The van der Waals surface area contributed by atoms with Gasteiger partial charge in [0.25, 0.3) is 0 Å². The maximum Gasteiger partial charge on any atom is 0.320 e. The first-order valence-corrected chi connectivity index (χ1v) is 4.87. The summed E-state index contributed by atoms with van der Waals surface area (Å²) in [7, 11) is 0. The summed E-state index contributed by atoms with van der Waals surface area (Å²) in [5.41, 5.74) is 9.81. The average molecular weight is 239 g/mol. The van der Waals surface area contributed by atoms with Crippen molar-refractivity contribution in [2.75, 3.05) is 0 Å². The predicted octanol–water partition coefficient (Wildman–Crippen LogP) is 0.687. The number of hydrogen-bond donors (Lipinski definition) is 3. The molecular weight excluding hydrogens is 220 g/mol. The number of rotatable bonds is 4. The third-order valence-electron chi connectivity index (χ3n) is 1.02. The summed E-state index contributed by atoms with van der Waals surface area (Å²) in [6.45, 7) is 5.86. The van der Waals surface area contributed by atoms with Crippen LogP contribution in [0.15, 0.2) is 0 Å². The second kappa shape index (κ2) is 7.48. The van der Waals surface area contributed by atoms with Gasteiger partial charge in [0.15, 0.2) is 0 Å². The summed E-state index contributed by atoms with van der Waals surface area (Å²) in [5.74, 6) is -1.64. The van der Waals surface area contributed by atoms with Crippen LogP contribution in [0, 0.1) is 0 Å². The highest BCUT2D eigenvalue weighted by molar-refractivity contribution is 6.23. The molecule has 90 valence electrons. The summed E-state index contributed by atoms with van der Waals surface area (Å²) in [6.07, 6.45) is 0.123. The lowest BCUT2D eigenvalue weighted by molar-refractivity contribution is -0.138. The van der Waals surface area contributed by atoms with Gasteiger partial charge in [0.2, 0.25) is 5.91 Å². The number of halogens is 1. The summed E-state index contributed by atoms with van der Waals surface area (Å²) < 4.78 is 0. The Morgan fingerprint density at radius 3 is 1.93 bits per heavy atom. The molecule has 0 radical (unpaired) electrons. The van der Waals surface area contributed by atoms with E-state index in [-0.39, 0.29) is 17.7 Å². The zero-order valence-electron chi connectivity index (χ0n) is 9.29. The van der Waals surface area contributed by atoms with Crippen molar-refractivity contribution < 1.29 is 14.7 Å². The molecule has 5 N–H and O–H groups in total. The number of carboxylic acids is 1. The molecule has 0 saturated heterocycles. The number of alkyl halides is 1. The first-order chi connectivity index (χ1) is 6.54. The van der Waals surface area contributed by atoms with E-state index in [0.29, 0.717) is 0 Å². The number of carboxylic acid groups (broad SMARTS) is 1. The van der Waals surface area contributed by atoms with Gasteiger partial charge in [0.1, 0.15) is 6.04 Å². The normalized spacial score (nSPS) is 12.3. The maximum absolute atomic E-state index is 10.1. The number of aliphatic carboxylic acids is 1. The molecule has 0 aliphatic heterocycles. The van der Waals surface area contributed by atoms with Crippen molar-refractivity contribution in [1.82, 2.24) is 0 Å². The van der Waals surface area contributed by atoms with Crippen molar-refractivity contribution in [3.8, 4) is 0 Å². The standard InChI is InChI=1S/C5H10N2O3.C4H9Cl/c6-3(5(9)10)1-2-4(7)8;1-4(2,3)5/h3H,1-2,6H2,(H2,7,8)(H,9,10);1-3H3. The third kappa shape index (κ3) is 24.6. The van der Waals surface area contributed by atoms with Crippen LogP contribution in [-0.4, -0.2) is 27.9 Å². The van der Waals surface area contributed by atoms with Crippen LogP contribution in [0.3, 0.4) is 0 Å². The highest BCUT2D eigenvalue weighted by Crippen LogP contribution is 2.07. The molecule has 1 atom stereocenters. The Hall–Kier alpha value is -0.810. The SMILES string of the molecule is CC(C)(C)Cl.NC(=O)CCC(N)C(=O)O. The monoisotopic (exact) mass is 238 g/mol. The van der Waals surface area contributed by atoms with Crippen LogP contribution in [0.4, 0.5) is 0 Å². The molecule has 5 nitrogen and oxygen atoms in total. The summed E-state index contributed by atoms with van der Waals surface area (Å²) in [5, 5.41) is 8.22. The van der Waals surface area contributed by atoms with Crippen molar-refractivity contribution >= 4 is 23.5 Å². The van der Waals surface area contributed by atoms with Gasteiger partial charge in [-0.3, -0.25) is 9.59 Å². The van der Waals surface area contributed by atoms with Crippen molar-refractivity contribution in [1.29, 1.82) is 0 Å². The Bertz CT molecular complexity index is 208. The zero-order chi connectivity index (χ0) is 12.6. The van der Waals surface area contributed by atoms with Gasteiger partial charge in [0, 0.05) is 11.3 Å². The summed E-state index contributed by atoms with van der Waals surface area (Å²) in [6, 6.07) is -0.979. The van der Waals surface area contributed by atoms with Crippen molar-refractivity contribution in [2.24, 2.45) is 11.5 Å². The molecule has 0 aliphatic carbocycles. The molecule has 0 aromatic rings. The van der Waals surface area contributed by atoms with Gasteiger partial charge in [-0.25, -0.2) is 0 Å². The van der Waals surface area contributed by atoms with Crippen LogP contribution in [0.25, 0.3) is 0 Å². The molecule has 6 heteroatoms. The van der Waals surface area contributed by atoms with Crippen LogP contribution < -0.4 is 11.5 Å². The van der Waals surface area contributed by atoms with Gasteiger partial charge in [0.05, 0.1) is 0 Å². The lowest BCUT2D eigenvalue weighted by Gasteiger charge is -2.01.